The average molecular weight is 356 g/mol. The summed E-state index contributed by atoms with van der Waals surface area (Å²) in [5.41, 5.74) is 0.545. The number of carboxylic acid groups (broad SMARTS) is 1. The zero-order valence-corrected chi connectivity index (χ0v) is 14.0. The molecular formula is C14H16N2O5S2. The number of sulfonamides is 1. The van der Waals surface area contributed by atoms with Crippen LogP contribution in [0.2, 0.25) is 0 Å². The van der Waals surface area contributed by atoms with Crippen LogP contribution in [-0.4, -0.2) is 52.8 Å². The number of hydrogen-bond donors (Lipinski definition) is 2. The number of anilines is 1. The zero-order chi connectivity index (χ0) is 16.6. The van der Waals surface area contributed by atoms with Crippen LogP contribution in [0.3, 0.4) is 0 Å². The highest BCUT2D eigenvalue weighted by Gasteiger charge is 2.26. The molecule has 1 aromatic heterocycles. The van der Waals surface area contributed by atoms with Gasteiger partial charge in [0.05, 0.1) is 18.9 Å². The number of rotatable bonds is 4. The molecule has 2 N–H and O–H groups in total. The maximum absolute atomic E-state index is 12.4. The van der Waals surface area contributed by atoms with Gasteiger partial charge in [0.1, 0.15) is 9.77 Å². The molecule has 0 atom stereocenters. The first kappa shape index (κ1) is 16.2. The minimum atomic E-state index is -3.66. The minimum Gasteiger partial charge on any atom is -0.477 e. The molecule has 1 aliphatic heterocycles. The van der Waals surface area contributed by atoms with Crippen LogP contribution in [0.25, 0.3) is 10.1 Å². The van der Waals surface area contributed by atoms with Crippen LogP contribution < -0.4 is 9.62 Å². The molecule has 0 spiro atoms. The Balaban J connectivity index is 2.28. The molecule has 7 nitrogen and oxygen atoms in total. The van der Waals surface area contributed by atoms with E-state index in [1.165, 1.54) is 13.1 Å². The molecule has 1 aliphatic rings. The fraction of sp³-hybridized carbons (Fsp3) is 0.357. The van der Waals surface area contributed by atoms with Gasteiger partial charge < -0.3 is 14.7 Å². The lowest BCUT2D eigenvalue weighted by atomic mass is 10.2. The molecule has 3 rings (SSSR count). The van der Waals surface area contributed by atoms with Crippen molar-refractivity contribution in [2.45, 2.75) is 4.90 Å². The average Bonchev–Trinajstić information content (AvgIpc) is 2.99. The molecule has 124 valence electrons. The Kier molecular flexibility index (Phi) is 4.28. The quantitative estimate of drug-likeness (QED) is 0.858. The number of ether oxygens (including phenoxy) is 1. The molecular weight excluding hydrogens is 340 g/mol. The molecule has 23 heavy (non-hydrogen) atoms. The Hall–Kier alpha value is -1.68. The molecule has 1 fully saturated rings. The highest BCUT2D eigenvalue weighted by Crippen LogP contribution is 2.38. The molecule has 0 saturated carbocycles. The SMILES string of the molecule is CNS(=O)(=O)c1ccc2sc(C(=O)O)cc2c1N1CCOCC1. The lowest BCUT2D eigenvalue weighted by Crippen LogP contribution is -2.37. The third kappa shape index (κ3) is 2.92. The second-order valence-electron chi connectivity index (χ2n) is 5.05. The van der Waals surface area contributed by atoms with E-state index in [0.29, 0.717) is 37.4 Å². The monoisotopic (exact) mass is 356 g/mol. The smallest absolute Gasteiger partial charge is 0.345 e. The highest BCUT2D eigenvalue weighted by molar-refractivity contribution is 7.89. The van der Waals surface area contributed by atoms with Crippen molar-refractivity contribution < 1.29 is 23.1 Å². The van der Waals surface area contributed by atoms with Crippen LogP contribution in [0.4, 0.5) is 5.69 Å². The summed E-state index contributed by atoms with van der Waals surface area (Å²) in [7, 11) is -2.30. The number of nitrogens with zero attached hydrogens (tertiary/aromatic N) is 1. The largest absolute Gasteiger partial charge is 0.477 e. The van der Waals surface area contributed by atoms with E-state index in [4.69, 9.17) is 4.74 Å². The van der Waals surface area contributed by atoms with Crippen LogP contribution in [0.5, 0.6) is 0 Å². The molecule has 0 bridgehead atoms. The van der Waals surface area contributed by atoms with Crippen molar-refractivity contribution in [3.63, 3.8) is 0 Å². The molecule has 0 unspecified atom stereocenters. The Morgan fingerprint density at radius 2 is 2.04 bits per heavy atom. The zero-order valence-electron chi connectivity index (χ0n) is 12.4. The van der Waals surface area contributed by atoms with E-state index in [-0.39, 0.29) is 9.77 Å². The minimum absolute atomic E-state index is 0.157. The standard InChI is InChI=1S/C14H16N2O5S2/c1-15-23(19,20)12-3-2-10-9(8-11(22-10)14(17)18)13(12)16-4-6-21-7-5-16/h2-3,8,15H,4-7H2,1H3,(H,17,18). The van der Waals surface area contributed by atoms with Crippen LogP contribution in [-0.2, 0) is 14.8 Å². The van der Waals surface area contributed by atoms with Crippen LogP contribution in [0.1, 0.15) is 9.67 Å². The van der Waals surface area contributed by atoms with E-state index in [1.807, 2.05) is 4.90 Å². The van der Waals surface area contributed by atoms with Gasteiger partial charge in [0.2, 0.25) is 10.0 Å². The number of aromatic carboxylic acids is 1. The summed E-state index contributed by atoms with van der Waals surface area (Å²) >= 11 is 1.14. The Labute approximate surface area is 137 Å². The topological polar surface area (TPSA) is 95.9 Å². The van der Waals surface area contributed by atoms with Crippen molar-refractivity contribution in [1.29, 1.82) is 0 Å². The molecule has 2 aromatic rings. The summed E-state index contributed by atoms with van der Waals surface area (Å²) in [6, 6.07) is 4.73. The Morgan fingerprint density at radius 1 is 1.35 bits per heavy atom. The summed E-state index contributed by atoms with van der Waals surface area (Å²) in [6.07, 6.45) is 0. The van der Waals surface area contributed by atoms with Gasteiger partial charge >= 0.3 is 5.97 Å². The normalized spacial score (nSPS) is 16.0. The fourth-order valence-corrected chi connectivity index (χ4v) is 4.49. The number of morpholine rings is 1. The van der Waals surface area contributed by atoms with Gasteiger partial charge in [-0.3, -0.25) is 0 Å². The molecule has 1 aromatic carbocycles. The maximum atomic E-state index is 12.4. The van der Waals surface area contributed by atoms with Gasteiger partial charge in [-0.05, 0) is 25.2 Å². The van der Waals surface area contributed by atoms with Gasteiger partial charge in [-0.25, -0.2) is 17.9 Å². The molecule has 0 aliphatic carbocycles. The van der Waals surface area contributed by atoms with E-state index in [9.17, 15) is 18.3 Å². The van der Waals surface area contributed by atoms with Crippen LogP contribution in [0.15, 0.2) is 23.1 Å². The fourth-order valence-electron chi connectivity index (χ4n) is 2.62. The van der Waals surface area contributed by atoms with Crippen molar-refractivity contribution in [3.8, 4) is 0 Å². The van der Waals surface area contributed by atoms with Crippen molar-refractivity contribution in [2.75, 3.05) is 38.3 Å². The van der Waals surface area contributed by atoms with Crippen molar-refractivity contribution in [2.24, 2.45) is 0 Å². The number of carbonyl (C=O) groups is 1. The van der Waals surface area contributed by atoms with Gasteiger partial charge in [0.25, 0.3) is 0 Å². The first-order chi connectivity index (χ1) is 10.9. The summed E-state index contributed by atoms with van der Waals surface area (Å²) < 4.78 is 33.1. The molecule has 9 heteroatoms. The van der Waals surface area contributed by atoms with Gasteiger partial charge in [-0.2, -0.15) is 0 Å². The van der Waals surface area contributed by atoms with Gasteiger partial charge in [-0.1, -0.05) is 0 Å². The lowest BCUT2D eigenvalue weighted by molar-refractivity contribution is 0.0702. The summed E-state index contributed by atoms with van der Waals surface area (Å²) in [5.74, 6) is -1.02. The predicted octanol–water partition coefficient (Wildman–Crippen LogP) is 1.34. The van der Waals surface area contributed by atoms with Crippen LogP contribution in [0, 0.1) is 0 Å². The molecule has 0 radical (unpaired) electrons. The summed E-state index contributed by atoms with van der Waals surface area (Å²) in [4.78, 5) is 13.5. The lowest BCUT2D eigenvalue weighted by Gasteiger charge is -2.31. The van der Waals surface area contributed by atoms with Gasteiger partial charge in [-0.15, -0.1) is 11.3 Å². The number of fused-ring (bicyclic) bond motifs is 1. The van der Waals surface area contributed by atoms with E-state index >= 15 is 0 Å². The van der Waals surface area contributed by atoms with E-state index in [2.05, 4.69) is 4.72 Å². The molecule has 0 amide bonds. The Bertz CT molecular complexity index is 853. The van der Waals surface area contributed by atoms with E-state index in [0.717, 1.165) is 16.0 Å². The number of benzene rings is 1. The number of nitrogens with one attached hydrogen (secondary N) is 1. The third-order valence-electron chi connectivity index (χ3n) is 3.73. The first-order valence-electron chi connectivity index (χ1n) is 7.00. The molecule has 1 saturated heterocycles. The van der Waals surface area contributed by atoms with E-state index < -0.39 is 16.0 Å². The highest BCUT2D eigenvalue weighted by atomic mass is 32.2. The molecule has 2 heterocycles. The maximum Gasteiger partial charge on any atom is 0.345 e. The second-order valence-corrected chi connectivity index (χ2v) is 7.99. The van der Waals surface area contributed by atoms with E-state index in [1.54, 1.807) is 12.1 Å². The van der Waals surface area contributed by atoms with Crippen molar-refractivity contribution in [3.05, 3.63) is 23.1 Å². The van der Waals surface area contributed by atoms with Gasteiger partial charge in [0.15, 0.2) is 0 Å². The summed E-state index contributed by atoms with van der Waals surface area (Å²) in [5, 5.41) is 9.85. The van der Waals surface area contributed by atoms with Gasteiger partial charge in [0, 0.05) is 23.2 Å². The summed E-state index contributed by atoms with van der Waals surface area (Å²) in [6.45, 7) is 2.13. The predicted molar refractivity (Wildman–Crippen MR) is 88.1 cm³/mol. The van der Waals surface area contributed by atoms with Crippen molar-refractivity contribution >= 4 is 43.1 Å². The number of hydrogen-bond acceptors (Lipinski definition) is 6. The van der Waals surface area contributed by atoms with Crippen LogP contribution >= 0.6 is 11.3 Å². The number of carboxylic acids is 1. The second kappa shape index (κ2) is 6.08. The first-order valence-corrected chi connectivity index (χ1v) is 9.30. The third-order valence-corrected chi connectivity index (χ3v) is 6.27. The number of thiophene rings is 1. The van der Waals surface area contributed by atoms with Crippen molar-refractivity contribution in [1.82, 2.24) is 4.72 Å². The Morgan fingerprint density at radius 3 is 2.65 bits per heavy atom.